The lowest BCUT2D eigenvalue weighted by Gasteiger charge is -2.24. The zero-order valence-corrected chi connectivity index (χ0v) is 15.5. The van der Waals surface area contributed by atoms with Crippen molar-refractivity contribution in [3.8, 4) is 0 Å². The normalized spacial score (nSPS) is 21.2. The number of ether oxygens (including phenoxy) is 1. The molecule has 0 spiro atoms. The lowest BCUT2D eigenvalue weighted by molar-refractivity contribution is -0.140. The van der Waals surface area contributed by atoms with Gasteiger partial charge in [-0.1, -0.05) is 6.92 Å². The topological polar surface area (TPSA) is 74.8 Å². The number of thiazole rings is 1. The quantitative estimate of drug-likeness (QED) is 0.879. The molecule has 2 aliphatic rings. The second kappa shape index (κ2) is 8.62. The molecule has 0 aliphatic carbocycles. The SMILES string of the molecule is CCc1csc(CNC(=O)N2CCCN(C(=O)[C@@H]3CCCO3)CC2)n1. The molecule has 1 aromatic rings. The van der Waals surface area contributed by atoms with Crippen molar-refractivity contribution >= 4 is 23.3 Å². The first kappa shape index (κ1) is 18.1. The number of amides is 3. The van der Waals surface area contributed by atoms with E-state index in [1.807, 2.05) is 10.3 Å². The summed E-state index contributed by atoms with van der Waals surface area (Å²) in [5.74, 6) is 0.0784. The first-order valence-corrected chi connectivity index (χ1v) is 9.91. The van der Waals surface area contributed by atoms with Crippen LogP contribution in [-0.4, -0.2) is 65.6 Å². The summed E-state index contributed by atoms with van der Waals surface area (Å²) in [4.78, 5) is 32.9. The van der Waals surface area contributed by atoms with Crippen LogP contribution in [0.1, 0.15) is 36.9 Å². The largest absolute Gasteiger partial charge is 0.368 e. The molecule has 0 radical (unpaired) electrons. The fourth-order valence-corrected chi connectivity index (χ4v) is 3.99. The van der Waals surface area contributed by atoms with Gasteiger partial charge >= 0.3 is 6.03 Å². The molecule has 1 N–H and O–H groups in total. The van der Waals surface area contributed by atoms with E-state index < -0.39 is 0 Å². The molecule has 138 valence electrons. The average Bonchev–Trinajstić information content (AvgIpc) is 3.26. The summed E-state index contributed by atoms with van der Waals surface area (Å²) in [6.45, 7) is 5.69. The van der Waals surface area contributed by atoms with Crippen LogP contribution in [-0.2, 0) is 22.5 Å². The second-order valence-corrected chi connectivity index (χ2v) is 7.36. The van der Waals surface area contributed by atoms with E-state index in [9.17, 15) is 9.59 Å². The fourth-order valence-electron chi connectivity index (χ4n) is 3.17. The van der Waals surface area contributed by atoms with E-state index in [-0.39, 0.29) is 18.0 Å². The summed E-state index contributed by atoms with van der Waals surface area (Å²) >= 11 is 1.57. The van der Waals surface area contributed by atoms with E-state index in [2.05, 4.69) is 17.2 Å². The number of nitrogens with one attached hydrogen (secondary N) is 1. The zero-order valence-electron chi connectivity index (χ0n) is 14.7. The minimum atomic E-state index is -0.280. The number of aromatic nitrogens is 1. The molecule has 2 saturated heterocycles. The smallest absolute Gasteiger partial charge is 0.317 e. The van der Waals surface area contributed by atoms with Crippen molar-refractivity contribution in [1.29, 1.82) is 0 Å². The summed E-state index contributed by atoms with van der Waals surface area (Å²) in [5.41, 5.74) is 1.06. The standard InChI is InChI=1S/C17H26N4O3S/c1-2-13-12-25-15(19-13)11-18-17(23)21-7-4-6-20(8-9-21)16(22)14-5-3-10-24-14/h12,14H,2-11H2,1H3,(H,18,23)/t14-/m0/s1. The number of urea groups is 1. The average molecular weight is 366 g/mol. The number of hydrogen-bond donors (Lipinski definition) is 1. The maximum absolute atomic E-state index is 12.4. The van der Waals surface area contributed by atoms with Crippen LogP contribution in [0.25, 0.3) is 0 Å². The minimum absolute atomic E-state index is 0.0784. The monoisotopic (exact) mass is 366 g/mol. The van der Waals surface area contributed by atoms with Crippen LogP contribution in [0.5, 0.6) is 0 Å². The third-order valence-corrected chi connectivity index (χ3v) is 5.55. The van der Waals surface area contributed by atoms with E-state index in [1.165, 1.54) is 0 Å². The van der Waals surface area contributed by atoms with Crippen LogP contribution in [0.15, 0.2) is 5.38 Å². The summed E-state index contributed by atoms with van der Waals surface area (Å²) in [5, 5.41) is 5.90. The van der Waals surface area contributed by atoms with Crippen molar-refractivity contribution in [3.63, 3.8) is 0 Å². The molecular formula is C17H26N4O3S. The Hall–Kier alpha value is -1.67. The molecule has 2 fully saturated rings. The van der Waals surface area contributed by atoms with Gasteiger partial charge in [0.2, 0.25) is 0 Å². The van der Waals surface area contributed by atoms with Gasteiger partial charge in [-0.15, -0.1) is 11.3 Å². The molecule has 25 heavy (non-hydrogen) atoms. The highest BCUT2D eigenvalue weighted by Crippen LogP contribution is 2.16. The molecule has 2 aliphatic heterocycles. The molecule has 0 bridgehead atoms. The summed E-state index contributed by atoms with van der Waals surface area (Å²) in [7, 11) is 0. The molecule has 1 aromatic heterocycles. The van der Waals surface area contributed by atoms with Gasteiger partial charge in [-0.2, -0.15) is 0 Å². The number of rotatable bonds is 4. The summed E-state index contributed by atoms with van der Waals surface area (Å²) in [6, 6.07) is -0.0836. The third kappa shape index (κ3) is 4.70. The zero-order chi connectivity index (χ0) is 17.6. The molecule has 1 atom stereocenters. The highest BCUT2D eigenvalue weighted by Gasteiger charge is 2.30. The van der Waals surface area contributed by atoms with Crippen molar-refractivity contribution in [1.82, 2.24) is 20.1 Å². The van der Waals surface area contributed by atoms with Crippen molar-refractivity contribution in [2.24, 2.45) is 0 Å². The molecule has 0 aromatic carbocycles. The number of carbonyl (C=O) groups excluding carboxylic acids is 2. The van der Waals surface area contributed by atoms with E-state index in [4.69, 9.17) is 4.74 Å². The van der Waals surface area contributed by atoms with Crippen LogP contribution in [0.2, 0.25) is 0 Å². The van der Waals surface area contributed by atoms with E-state index in [1.54, 1.807) is 16.2 Å². The maximum atomic E-state index is 12.4. The predicted octanol–water partition coefficient (Wildman–Crippen LogP) is 1.63. The molecule has 3 heterocycles. The molecule has 0 unspecified atom stereocenters. The van der Waals surface area contributed by atoms with Crippen LogP contribution < -0.4 is 5.32 Å². The number of aryl methyl sites for hydroxylation is 1. The van der Waals surface area contributed by atoms with Crippen LogP contribution in [0.3, 0.4) is 0 Å². The maximum Gasteiger partial charge on any atom is 0.317 e. The first-order valence-electron chi connectivity index (χ1n) is 9.04. The fraction of sp³-hybridized carbons (Fsp3) is 0.706. The van der Waals surface area contributed by atoms with E-state index in [0.29, 0.717) is 39.3 Å². The second-order valence-electron chi connectivity index (χ2n) is 6.41. The highest BCUT2D eigenvalue weighted by molar-refractivity contribution is 7.09. The lowest BCUT2D eigenvalue weighted by Crippen LogP contribution is -2.44. The molecule has 8 heteroatoms. The third-order valence-electron chi connectivity index (χ3n) is 4.65. The van der Waals surface area contributed by atoms with Gasteiger partial charge in [0.25, 0.3) is 5.91 Å². The highest BCUT2D eigenvalue weighted by atomic mass is 32.1. The summed E-state index contributed by atoms with van der Waals surface area (Å²) < 4.78 is 5.49. The summed E-state index contributed by atoms with van der Waals surface area (Å²) in [6.07, 6.45) is 3.19. The Morgan fingerprint density at radius 1 is 1.28 bits per heavy atom. The van der Waals surface area contributed by atoms with Gasteiger partial charge in [-0.05, 0) is 25.7 Å². The van der Waals surface area contributed by atoms with E-state index in [0.717, 1.165) is 36.4 Å². The van der Waals surface area contributed by atoms with Gasteiger partial charge in [0, 0.05) is 38.2 Å². The Kier molecular flexibility index (Phi) is 6.25. The lowest BCUT2D eigenvalue weighted by atomic mass is 10.2. The molecule has 3 rings (SSSR count). The Morgan fingerprint density at radius 3 is 2.80 bits per heavy atom. The Labute approximate surface area is 152 Å². The number of nitrogens with zero attached hydrogens (tertiary/aromatic N) is 3. The van der Waals surface area contributed by atoms with Gasteiger partial charge in [0.15, 0.2) is 0 Å². The number of hydrogen-bond acceptors (Lipinski definition) is 5. The van der Waals surface area contributed by atoms with Gasteiger partial charge in [-0.3, -0.25) is 4.79 Å². The Morgan fingerprint density at radius 2 is 2.08 bits per heavy atom. The first-order chi connectivity index (χ1) is 12.2. The Balaban J connectivity index is 1.46. The number of carbonyl (C=O) groups is 2. The molecule has 3 amide bonds. The van der Waals surface area contributed by atoms with Crippen molar-refractivity contribution in [2.45, 2.75) is 45.3 Å². The van der Waals surface area contributed by atoms with Crippen LogP contribution in [0.4, 0.5) is 4.79 Å². The van der Waals surface area contributed by atoms with Crippen LogP contribution >= 0.6 is 11.3 Å². The van der Waals surface area contributed by atoms with Gasteiger partial charge in [0.1, 0.15) is 11.1 Å². The molecule has 0 saturated carbocycles. The van der Waals surface area contributed by atoms with Crippen LogP contribution in [0, 0.1) is 0 Å². The van der Waals surface area contributed by atoms with Crippen molar-refractivity contribution in [3.05, 3.63) is 16.1 Å². The predicted molar refractivity (Wildman–Crippen MR) is 95.5 cm³/mol. The van der Waals surface area contributed by atoms with Gasteiger partial charge in [-0.25, -0.2) is 9.78 Å². The Bertz CT molecular complexity index is 600. The van der Waals surface area contributed by atoms with E-state index >= 15 is 0 Å². The van der Waals surface area contributed by atoms with Gasteiger partial charge in [0.05, 0.1) is 12.2 Å². The van der Waals surface area contributed by atoms with Crippen molar-refractivity contribution in [2.75, 3.05) is 32.8 Å². The molecular weight excluding hydrogens is 340 g/mol. The molecule has 7 nitrogen and oxygen atoms in total. The van der Waals surface area contributed by atoms with Crippen molar-refractivity contribution < 1.29 is 14.3 Å². The van der Waals surface area contributed by atoms with Gasteiger partial charge < -0.3 is 19.9 Å². The minimum Gasteiger partial charge on any atom is -0.368 e.